The highest BCUT2D eigenvalue weighted by Gasteiger charge is 2.44. The van der Waals surface area contributed by atoms with Crippen LogP contribution in [0, 0.1) is 6.92 Å². The molecule has 0 radical (unpaired) electrons. The summed E-state index contributed by atoms with van der Waals surface area (Å²) >= 11 is 0. The summed E-state index contributed by atoms with van der Waals surface area (Å²) in [6.07, 6.45) is 0.380. The summed E-state index contributed by atoms with van der Waals surface area (Å²) in [5.74, 6) is 0. The van der Waals surface area contributed by atoms with Crippen LogP contribution >= 0.6 is 0 Å². The van der Waals surface area contributed by atoms with Gasteiger partial charge in [0.2, 0.25) is 0 Å². The Hall–Kier alpha value is -2.86. The molecule has 142 valence electrons. The number of imidazole rings is 2. The van der Waals surface area contributed by atoms with E-state index in [0.717, 1.165) is 0 Å². The van der Waals surface area contributed by atoms with E-state index in [9.17, 15) is 20.1 Å². The minimum atomic E-state index is -1.25. The predicted octanol–water partition coefficient (Wildman–Crippen LogP) is -1.50. The van der Waals surface area contributed by atoms with Crippen molar-refractivity contribution in [3.63, 3.8) is 0 Å². The Kier molecular flexibility index (Phi) is 4.15. The van der Waals surface area contributed by atoms with E-state index in [4.69, 9.17) is 10.5 Å². The van der Waals surface area contributed by atoms with Crippen molar-refractivity contribution < 1.29 is 24.9 Å². The van der Waals surface area contributed by atoms with E-state index in [-0.39, 0.29) is 5.57 Å². The third-order valence-corrected chi connectivity index (χ3v) is 4.73. The number of ether oxygens (including phenoxy) is 1. The molecule has 5 N–H and O–H groups in total. The van der Waals surface area contributed by atoms with Crippen LogP contribution in [0.25, 0.3) is 22.4 Å². The summed E-state index contributed by atoms with van der Waals surface area (Å²) in [5, 5.41) is 29.5. The fourth-order valence-electron chi connectivity index (χ4n) is 3.40. The van der Waals surface area contributed by atoms with Crippen LogP contribution in [0.3, 0.4) is 0 Å². The normalized spacial score (nSPS) is 26.3. The van der Waals surface area contributed by atoms with Crippen LogP contribution in [-0.2, 0) is 9.53 Å². The molecule has 4 rings (SSSR count). The first kappa shape index (κ1) is 17.5. The fourth-order valence-corrected chi connectivity index (χ4v) is 3.40. The van der Waals surface area contributed by atoms with E-state index < -0.39 is 31.1 Å². The number of aliphatic hydroxyl groups excluding tert-OH is 3. The van der Waals surface area contributed by atoms with Gasteiger partial charge in [-0.1, -0.05) is 0 Å². The molecule has 0 bridgehead atoms. The number of carbonyl (C=O) groups excluding carboxylic acids is 1. The number of aromatic nitrogens is 5. The average molecular weight is 374 g/mol. The molecule has 4 atom stereocenters. The number of aldehydes is 1. The third kappa shape index (κ3) is 2.44. The van der Waals surface area contributed by atoms with Gasteiger partial charge in [0, 0.05) is 6.20 Å². The summed E-state index contributed by atoms with van der Waals surface area (Å²) in [5.41, 5.74) is 8.14. The van der Waals surface area contributed by atoms with Crippen LogP contribution in [0.2, 0.25) is 0 Å². The number of hydrogen-bond donors (Lipinski definition) is 4. The second kappa shape index (κ2) is 6.39. The molecule has 0 unspecified atom stereocenters. The van der Waals surface area contributed by atoms with Gasteiger partial charge in [-0.2, -0.15) is 0 Å². The Morgan fingerprint density at radius 3 is 2.70 bits per heavy atom. The minimum absolute atomic E-state index is 0.268. The molecule has 4 heterocycles. The highest BCUT2D eigenvalue weighted by Crippen LogP contribution is 2.32. The smallest absolute Gasteiger partial charge is 0.168 e. The van der Waals surface area contributed by atoms with Gasteiger partial charge in [0.15, 0.2) is 29.3 Å². The number of nitrogens with two attached hydrogens (primary N) is 1. The standard InChI is InChI=1S/C16H18N6O5/c1-7-11(8(2-17)3-23)21-6-19-14-10(15(21)20-7)18-5-22(14)16-13(26)12(25)9(4-24)27-16/h2-3,5-6,9,12-13,16,24-26H,4,17H2,1H3/b8-2+/t9-,12-,13-,16-/m1/s1. The molecule has 3 aromatic heterocycles. The number of hydrogen-bond acceptors (Lipinski definition) is 9. The van der Waals surface area contributed by atoms with Gasteiger partial charge < -0.3 is 25.8 Å². The topological polar surface area (TPSA) is 161 Å². The average Bonchev–Trinajstić information content (AvgIpc) is 3.31. The van der Waals surface area contributed by atoms with E-state index in [1.165, 1.54) is 23.4 Å². The van der Waals surface area contributed by atoms with Crippen molar-refractivity contribution in [2.75, 3.05) is 6.61 Å². The van der Waals surface area contributed by atoms with Gasteiger partial charge in [-0.15, -0.1) is 0 Å². The Balaban J connectivity index is 1.87. The third-order valence-electron chi connectivity index (χ3n) is 4.73. The number of allylic oxidation sites excluding steroid dienone is 1. The van der Waals surface area contributed by atoms with Crippen LogP contribution in [0.4, 0.5) is 0 Å². The molecule has 11 nitrogen and oxygen atoms in total. The monoisotopic (exact) mass is 374 g/mol. The van der Waals surface area contributed by atoms with Crippen LogP contribution in [-0.4, -0.2) is 70.4 Å². The number of nitrogens with zero attached hydrogens (tertiary/aromatic N) is 5. The number of rotatable bonds is 4. The van der Waals surface area contributed by atoms with E-state index in [1.54, 1.807) is 11.3 Å². The molecule has 0 amide bonds. The lowest BCUT2D eigenvalue weighted by atomic mass is 10.1. The zero-order valence-electron chi connectivity index (χ0n) is 14.3. The minimum Gasteiger partial charge on any atom is -0.404 e. The molecule has 11 heteroatoms. The largest absolute Gasteiger partial charge is 0.404 e. The molecular weight excluding hydrogens is 356 g/mol. The van der Waals surface area contributed by atoms with E-state index in [2.05, 4.69) is 15.0 Å². The Bertz CT molecular complexity index is 1060. The van der Waals surface area contributed by atoms with Crippen LogP contribution in [0.5, 0.6) is 0 Å². The van der Waals surface area contributed by atoms with Crippen molar-refractivity contribution in [1.82, 2.24) is 23.9 Å². The highest BCUT2D eigenvalue weighted by molar-refractivity contribution is 6.07. The zero-order valence-corrected chi connectivity index (χ0v) is 14.3. The highest BCUT2D eigenvalue weighted by atomic mass is 16.6. The summed E-state index contributed by atoms with van der Waals surface area (Å²) in [6, 6.07) is 0. The number of fused-ring (bicyclic) bond motifs is 3. The summed E-state index contributed by atoms with van der Waals surface area (Å²) in [6.45, 7) is 1.31. The van der Waals surface area contributed by atoms with Crippen molar-refractivity contribution in [2.24, 2.45) is 5.73 Å². The number of aliphatic hydroxyl groups is 3. The second-order valence-electron chi connectivity index (χ2n) is 6.28. The molecule has 0 aliphatic carbocycles. The molecular formula is C16H18N6O5. The Morgan fingerprint density at radius 2 is 2.07 bits per heavy atom. The van der Waals surface area contributed by atoms with Crippen molar-refractivity contribution in [1.29, 1.82) is 0 Å². The molecule has 1 aliphatic heterocycles. The summed E-state index contributed by atoms with van der Waals surface area (Å²) < 4.78 is 8.62. The predicted molar refractivity (Wildman–Crippen MR) is 92.3 cm³/mol. The van der Waals surface area contributed by atoms with Crippen molar-refractivity contribution in [3.8, 4) is 0 Å². The SMILES string of the molecule is Cc1nc2c3ncn([C@@H]4O[C@H](CO)[C@@H](O)[C@H]4O)c3ncn2c1/C(C=O)=C/N. The molecule has 3 aromatic rings. The maximum Gasteiger partial charge on any atom is 0.168 e. The molecule has 1 saturated heterocycles. The van der Waals surface area contributed by atoms with Crippen molar-refractivity contribution >= 4 is 28.7 Å². The van der Waals surface area contributed by atoms with Crippen LogP contribution in [0.1, 0.15) is 17.6 Å². The first-order valence-electron chi connectivity index (χ1n) is 8.21. The first-order valence-corrected chi connectivity index (χ1v) is 8.21. The lowest BCUT2D eigenvalue weighted by Crippen LogP contribution is -2.33. The van der Waals surface area contributed by atoms with Gasteiger partial charge in [-0.25, -0.2) is 15.0 Å². The zero-order chi connectivity index (χ0) is 19.3. The quantitative estimate of drug-likeness (QED) is 0.314. The molecule has 0 aromatic carbocycles. The van der Waals surface area contributed by atoms with Gasteiger partial charge in [0.05, 0.1) is 29.9 Å². The maximum atomic E-state index is 11.3. The van der Waals surface area contributed by atoms with Crippen LogP contribution in [0.15, 0.2) is 18.9 Å². The number of aryl methyl sites for hydroxylation is 1. The van der Waals surface area contributed by atoms with Gasteiger partial charge in [-0.05, 0) is 6.92 Å². The van der Waals surface area contributed by atoms with Gasteiger partial charge in [0.25, 0.3) is 0 Å². The Morgan fingerprint density at radius 1 is 1.30 bits per heavy atom. The summed E-state index contributed by atoms with van der Waals surface area (Å²) in [7, 11) is 0. The first-order chi connectivity index (χ1) is 13.0. The van der Waals surface area contributed by atoms with E-state index >= 15 is 0 Å². The molecule has 1 fully saturated rings. The molecule has 0 saturated carbocycles. The summed E-state index contributed by atoms with van der Waals surface area (Å²) in [4.78, 5) is 24.4. The van der Waals surface area contributed by atoms with Crippen molar-refractivity contribution in [2.45, 2.75) is 31.5 Å². The maximum absolute atomic E-state index is 11.3. The van der Waals surface area contributed by atoms with Crippen molar-refractivity contribution in [3.05, 3.63) is 30.2 Å². The molecule has 1 aliphatic rings. The lowest BCUT2D eigenvalue weighted by molar-refractivity contribution is -0.103. The van der Waals surface area contributed by atoms with Gasteiger partial charge in [0.1, 0.15) is 24.6 Å². The van der Waals surface area contributed by atoms with E-state index in [1.807, 2.05) is 0 Å². The lowest BCUT2D eigenvalue weighted by Gasteiger charge is -2.16. The second-order valence-corrected chi connectivity index (χ2v) is 6.28. The van der Waals surface area contributed by atoms with Gasteiger partial charge >= 0.3 is 0 Å². The fraction of sp³-hybridized carbons (Fsp3) is 0.375. The van der Waals surface area contributed by atoms with Gasteiger partial charge in [-0.3, -0.25) is 13.8 Å². The molecule has 27 heavy (non-hydrogen) atoms. The van der Waals surface area contributed by atoms with Crippen LogP contribution < -0.4 is 5.73 Å². The van der Waals surface area contributed by atoms with E-state index in [0.29, 0.717) is 34.5 Å². The number of carbonyl (C=O) groups is 1. The molecule has 0 spiro atoms. The Labute approximate surface area is 152 Å².